The zero-order chi connectivity index (χ0) is 13.1. The van der Waals surface area contributed by atoms with Crippen LogP contribution in [0.4, 0.5) is 5.95 Å². The minimum atomic E-state index is 0.740. The third kappa shape index (κ3) is 3.20. The number of hydrogen-bond donors (Lipinski definition) is 0. The summed E-state index contributed by atoms with van der Waals surface area (Å²) in [7, 11) is 1.98. The molecule has 0 aliphatic heterocycles. The summed E-state index contributed by atoms with van der Waals surface area (Å²) in [5.74, 6) is 0.743. The predicted molar refractivity (Wildman–Crippen MR) is 75.1 cm³/mol. The molecule has 0 aliphatic rings. The summed E-state index contributed by atoms with van der Waals surface area (Å²) in [6.45, 7) is 4.69. The van der Waals surface area contributed by atoms with Gasteiger partial charge in [0.25, 0.3) is 0 Å². The van der Waals surface area contributed by atoms with E-state index in [-0.39, 0.29) is 0 Å². The molecule has 1 aromatic carbocycles. The van der Waals surface area contributed by atoms with Crippen molar-refractivity contribution in [1.82, 2.24) is 9.97 Å². The van der Waals surface area contributed by atoms with Crippen molar-refractivity contribution in [3.8, 4) is 0 Å². The van der Waals surface area contributed by atoms with Crippen molar-refractivity contribution in [3.05, 3.63) is 52.3 Å². The van der Waals surface area contributed by atoms with Gasteiger partial charge in [0.2, 0.25) is 5.95 Å². The Labute approximate surface area is 112 Å². The first-order chi connectivity index (χ1) is 8.54. The van der Waals surface area contributed by atoms with Crippen molar-refractivity contribution in [2.24, 2.45) is 0 Å². The number of aromatic nitrogens is 2. The second-order valence-corrected chi connectivity index (χ2v) is 4.87. The molecular weight excluding hydrogens is 246 g/mol. The van der Waals surface area contributed by atoms with Crippen LogP contribution in [0, 0.1) is 13.8 Å². The molecule has 0 saturated heterocycles. The highest BCUT2D eigenvalue weighted by Crippen LogP contribution is 2.15. The molecule has 0 N–H and O–H groups in total. The summed E-state index contributed by atoms with van der Waals surface area (Å²) >= 11 is 5.97. The molecule has 4 heteroatoms. The summed E-state index contributed by atoms with van der Waals surface area (Å²) in [4.78, 5) is 10.9. The van der Waals surface area contributed by atoms with Gasteiger partial charge in [-0.1, -0.05) is 23.7 Å². The lowest BCUT2D eigenvalue weighted by Gasteiger charge is -2.18. The Morgan fingerprint density at radius 2 is 1.78 bits per heavy atom. The van der Waals surface area contributed by atoms with Crippen LogP contribution in [0.15, 0.2) is 30.3 Å². The number of aryl methyl sites for hydroxylation is 2. The van der Waals surface area contributed by atoms with Crippen molar-refractivity contribution >= 4 is 17.5 Å². The first-order valence-corrected chi connectivity index (χ1v) is 6.20. The molecule has 18 heavy (non-hydrogen) atoms. The van der Waals surface area contributed by atoms with Crippen molar-refractivity contribution in [1.29, 1.82) is 0 Å². The van der Waals surface area contributed by atoms with Crippen LogP contribution in [0.25, 0.3) is 0 Å². The van der Waals surface area contributed by atoms with Gasteiger partial charge in [0.15, 0.2) is 0 Å². The van der Waals surface area contributed by atoms with E-state index < -0.39 is 0 Å². The third-order valence-corrected chi connectivity index (χ3v) is 2.86. The first-order valence-electron chi connectivity index (χ1n) is 5.82. The van der Waals surface area contributed by atoms with Crippen LogP contribution >= 0.6 is 11.6 Å². The monoisotopic (exact) mass is 261 g/mol. The van der Waals surface area contributed by atoms with Crippen LogP contribution in [0.2, 0.25) is 5.02 Å². The van der Waals surface area contributed by atoms with Gasteiger partial charge in [0, 0.05) is 30.0 Å². The predicted octanol–water partition coefficient (Wildman–Crippen LogP) is 3.38. The third-order valence-electron chi connectivity index (χ3n) is 2.62. The topological polar surface area (TPSA) is 29.0 Å². The van der Waals surface area contributed by atoms with E-state index in [0.29, 0.717) is 0 Å². The van der Waals surface area contributed by atoms with Gasteiger partial charge < -0.3 is 4.90 Å². The summed E-state index contributed by atoms with van der Waals surface area (Å²) in [5.41, 5.74) is 3.11. The van der Waals surface area contributed by atoms with Crippen molar-refractivity contribution in [2.75, 3.05) is 11.9 Å². The molecule has 0 radical (unpaired) electrons. The SMILES string of the molecule is Cc1cc(C)nc(N(C)Cc2cccc(Cl)c2)n1. The van der Waals surface area contributed by atoms with E-state index in [0.717, 1.165) is 34.5 Å². The smallest absolute Gasteiger partial charge is 0.225 e. The van der Waals surface area contributed by atoms with E-state index in [1.165, 1.54) is 0 Å². The molecular formula is C14H16ClN3. The molecule has 3 nitrogen and oxygen atoms in total. The minimum absolute atomic E-state index is 0.740. The van der Waals surface area contributed by atoms with Crippen LogP contribution in [-0.2, 0) is 6.54 Å². The fraction of sp³-hybridized carbons (Fsp3) is 0.286. The molecule has 0 aliphatic carbocycles. The lowest BCUT2D eigenvalue weighted by atomic mass is 10.2. The van der Waals surface area contributed by atoms with Crippen LogP contribution in [0.1, 0.15) is 17.0 Å². The molecule has 1 aromatic heterocycles. The Hall–Kier alpha value is -1.61. The van der Waals surface area contributed by atoms with E-state index >= 15 is 0 Å². The maximum atomic E-state index is 5.97. The highest BCUT2D eigenvalue weighted by atomic mass is 35.5. The number of anilines is 1. The van der Waals surface area contributed by atoms with E-state index in [1.807, 2.05) is 56.1 Å². The maximum absolute atomic E-state index is 5.97. The van der Waals surface area contributed by atoms with Crippen LogP contribution in [-0.4, -0.2) is 17.0 Å². The van der Waals surface area contributed by atoms with Crippen molar-refractivity contribution < 1.29 is 0 Å². The van der Waals surface area contributed by atoms with Crippen LogP contribution in [0.3, 0.4) is 0 Å². The molecule has 0 saturated carbocycles. The number of hydrogen-bond acceptors (Lipinski definition) is 3. The second-order valence-electron chi connectivity index (χ2n) is 4.44. The zero-order valence-electron chi connectivity index (χ0n) is 10.8. The fourth-order valence-electron chi connectivity index (χ4n) is 1.86. The standard InChI is InChI=1S/C14H16ClN3/c1-10-7-11(2)17-14(16-10)18(3)9-12-5-4-6-13(15)8-12/h4-8H,9H2,1-3H3. The first kappa shape index (κ1) is 12.8. The van der Waals surface area contributed by atoms with Gasteiger partial charge in [-0.15, -0.1) is 0 Å². The number of benzene rings is 1. The van der Waals surface area contributed by atoms with E-state index in [2.05, 4.69) is 9.97 Å². The number of halogens is 1. The average molecular weight is 262 g/mol. The summed E-state index contributed by atoms with van der Waals surface area (Å²) in [6.07, 6.45) is 0. The largest absolute Gasteiger partial charge is 0.340 e. The van der Waals surface area contributed by atoms with E-state index in [9.17, 15) is 0 Å². The second kappa shape index (κ2) is 5.36. The van der Waals surface area contributed by atoms with Gasteiger partial charge in [-0.3, -0.25) is 0 Å². The Bertz CT molecular complexity index is 534. The Morgan fingerprint density at radius 1 is 1.11 bits per heavy atom. The van der Waals surface area contributed by atoms with Gasteiger partial charge in [-0.25, -0.2) is 9.97 Å². The number of rotatable bonds is 3. The van der Waals surface area contributed by atoms with E-state index in [1.54, 1.807) is 0 Å². The minimum Gasteiger partial charge on any atom is -0.340 e. The van der Waals surface area contributed by atoms with Crippen molar-refractivity contribution in [2.45, 2.75) is 20.4 Å². The quantitative estimate of drug-likeness (QED) is 0.848. The molecule has 1 heterocycles. The van der Waals surface area contributed by atoms with E-state index in [4.69, 9.17) is 11.6 Å². The van der Waals surface area contributed by atoms with Gasteiger partial charge >= 0.3 is 0 Å². The average Bonchev–Trinajstić information content (AvgIpc) is 2.27. The lowest BCUT2D eigenvalue weighted by Crippen LogP contribution is -2.19. The molecule has 0 amide bonds. The molecule has 0 bridgehead atoms. The molecule has 0 unspecified atom stereocenters. The maximum Gasteiger partial charge on any atom is 0.225 e. The summed E-state index contributed by atoms with van der Waals surface area (Å²) in [6, 6.07) is 9.80. The summed E-state index contributed by atoms with van der Waals surface area (Å²) in [5, 5.41) is 0.752. The molecule has 0 fully saturated rings. The Kier molecular flexibility index (Phi) is 3.82. The molecule has 94 valence electrons. The number of nitrogens with zero attached hydrogens (tertiary/aromatic N) is 3. The Balaban J connectivity index is 2.19. The van der Waals surface area contributed by atoms with Crippen molar-refractivity contribution in [3.63, 3.8) is 0 Å². The van der Waals surface area contributed by atoms with Gasteiger partial charge in [0.1, 0.15) is 0 Å². The molecule has 0 spiro atoms. The fourth-order valence-corrected chi connectivity index (χ4v) is 2.07. The summed E-state index contributed by atoms with van der Waals surface area (Å²) < 4.78 is 0. The van der Waals surface area contributed by atoms with Crippen LogP contribution < -0.4 is 4.90 Å². The lowest BCUT2D eigenvalue weighted by molar-refractivity contribution is 0.852. The van der Waals surface area contributed by atoms with Gasteiger partial charge in [0.05, 0.1) is 0 Å². The molecule has 0 atom stereocenters. The van der Waals surface area contributed by atoms with Gasteiger partial charge in [-0.2, -0.15) is 0 Å². The highest BCUT2D eigenvalue weighted by molar-refractivity contribution is 6.30. The normalized spacial score (nSPS) is 10.4. The zero-order valence-corrected chi connectivity index (χ0v) is 11.6. The van der Waals surface area contributed by atoms with Gasteiger partial charge in [-0.05, 0) is 37.6 Å². The Morgan fingerprint density at radius 3 is 2.39 bits per heavy atom. The molecule has 2 rings (SSSR count). The highest BCUT2D eigenvalue weighted by Gasteiger charge is 2.06. The molecule has 2 aromatic rings. The van der Waals surface area contributed by atoms with Crippen LogP contribution in [0.5, 0.6) is 0 Å².